The van der Waals surface area contributed by atoms with Crippen LogP contribution >= 0.6 is 11.8 Å². The van der Waals surface area contributed by atoms with E-state index in [4.69, 9.17) is 5.26 Å². The fourth-order valence-electron chi connectivity index (χ4n) is 1.36. The van der Waals surface area contributed by atoms with E-state index in [0.29, 0.717) is 0 Å². The van der Waals surface area contributed by atoms with Crippen LogP contribution in [0.1, 0.15) is 20.8 Å². The summed E-state index contributed by atoms with van der Waals surface area (Å²) in [7, 11) is 0. The van der Waals surface area contributed by atoms with Gasteiger partial charge in [0.15, 0.2) is 0 Å². The second-order valence-corrected chi connectivity index (χ2v) is 5.90. The lowest BCUT2D eigenvalue weighted by Gasteiger charge is -2.27. The van der Waals surface area contributed by atoms with E-state index in [1.54, 1.807) is 6.92 Å². The molecule has 0 fully saturated rings. The van der Waals surface area contributed by atoms with Gasteiger partial charge in [-0.05, 0) is 25.0 Å². The van der Waals surface area contributed by atoms with E-state index in [2.05, 4.69) is 11.4 Å². The highest BCUT2D eigenvalue weighted by atomic mass is 32.2. The van der Waals surface area contributed by atoms with Gasteiger partial charge in [-0.1, -0.05) is 13.8 Å². The summed E-state index contributed by atoms with van der Waals surface area (Å²) >= 11 is 0.964. The molecule has 0 aromatic heterocycles. The Morgan fingerprint density at radius 3 is 2.65 bits per heavy atom. The van der Waals surface area contributed by atoms with Crippen molar-refractivity contribution in [1.82, 2.24) is 5.32 Å². The van der Waals surface area contributed by atoms with E-state index in [1.807, 2.05) is 13.8 Å². The third-order valence-corrected chi connectivity index (χ3v) is 4.09. The number of amides is 1. The van der Waals surface area contributed by atoms with Gasteiger partial charge >= 0.3 is 0 Å². The Balaban J connectivity index is 2.62. The average Bonchev–Trinajstić information content (AvgIpc) is 2.37. The van der Waals surface area contributed by atoms with Crippen molar-refractivity contribution < 1.29 is 13.6 Å². The third-order valence-electron chi connectivity index (χ3n) is 3.04. The summed E-state index contributed by atoms with van der Waals surface area (Å²) in [6.07, 6.45) is 0. The van der Waals surface area contributed by atoms with Gasteiger partial charge in [-0.15, -0.1) is 11.8 Å². The molecule has 1 aromatic carbocycles. The number of halogens is 2. The van der Waals surface area contributed by atoms with E-state index in [0.717, 1.165) is 23.9 Å². The summed E-state index contributed by atoms with van der Waals surface area (Å²) in [4.78, 5) is 12.0. The summed E-state index contributed by atoms with van der Waals surface area (Å²) in [5.41, 5.74) is -0.959. The van der Waals surface area contributed by atoms with E-state index >= 15 is 0 Å². The molecule has 0 heterocycles. The highest BCUT2D eigenvalue weighted by Gasteiger charge is 2.29. The molecule has 0 radical (unpaired) electrons. The maximum Gasteiger partial charge on any atom is 0.231 e. The van der Waals surface area contributed by atoms with Crippen LogP contribution in [0.4, 0.5) is 8.78 Å². The summed E-state index contributed by atoms with van der Waals surface area (Å²) in [6, 6.07) is 5.25. The summed E-state index contributed by atoms with van der Waals surface area (Å²) in [5, 5.41) is 11.7. The lowest BCUT2D eigenvalue weighted by atomic mass is 9.90. The van der Waals surface area contributed by atoms with Crippen LogP contribution in [-0.4, -0.2) is 17.2 Å². The number of nitrogens with zero attached hydrogens (tertiary/aromatic N) is 1. The highest BCUT2D eigenvalue weighted by Crippen LogP contribution is 2.23. The molecule has 0 aliphatic carbocycles. The van der Waals surface area contributed by atoms with Gasteiger partial charge in [-0.25, -0.2) is 8.78 Å². The summed E-state index contributed by atoms with van der Waals surface area (Å²) in [5.74, 6) is -1.81. The Bertz CT molecular complexity index is 542. The van der Waals surface area contributed by atoms with Gasteiger partial charge in [0.1, 0.15) is 17.2 Å². The van der Waals surface area contributed by atoms with Crippen molar-refractivity contribution in [2.75, 3.05) is 5.75 Å². The molecule has 108 valence electrons. The van der Waals surface area contributed by atoms with Crippen LogP contribution < -0.4 is 5.32 Å². The Morgan fingerprint density at radius 1 is 1.50 bits per heavy atom. The van der Waals surface area contributed by atoms with Gasteiger partial charge in [0.2, 0.25) is 5.91 Å². The average molecular weight is 298 g/mol. The fraction of sp³-hybridized carbons (Fsp3) is 0.429. The highest BCUT2D eigenvalue weighted by molar-refractivity contribution is 8.00. The predicted molar refractivity (Wildman–Crippen MR) is 74.1 cm³/mol. The van der Waals surface area contributed by atoms with Crippen LogP contribution in [0.3, 0.4) is 0 Å². The number of nitriles is 1. The molecule has 20 heavy (non-hydrogen) atoms. The minimum atomic E-state index is -0.959. The zero-order valence-corrected chi connectivity index (χ0v) is 12.4. The quantitative estimate of drug-likeness (QED) is 0.850. The minimum Gasteiger partial charge on any atom is -0.337 e. The van der Waals surface area contributed by atoms with Crippen LogP contribution in [0.15, 0.2) is 23.1 Å². The first-order valence-corrected chi connectivity index (χ1v) is 7.07. The molecule has 1 amide bonds. The first-order valence-electron chi connectivity index (χ1n) is 6.08. The Morgan fingerprint density at radius 2 is 2.15 bits per heavy atom. The molecular weight excluding hydrogens is 282 g/mol. The van der Waals surface area contributed by atoms with Crippen LogP contribution in [0, 0.1) is 28.9 Å². The summed E-state index contributed by atoms with van der Waals surface area (Å²) in [6.45, 7) is 5.30. The molecule has 0 bridgehead atoms. The van der Waals surface area contributed by atoms with Crippen molar-refractivity contribution >= 4 is 17.7 Å². The zero-order chi connectivity index (χ0) is 15.3. The molecule has 1 rings (SSSR count). The van der Waals surface area contributed by atoms with Crippen LogP contribution in [0.25, 0.3) is 0 Å². The third kappa shape index (κ3) is 4.20. The number of carbonyl (C=O) groups excluding carboxylic acids is 1. The lowest BCUT2D eigenvalue weighted by molar-refractivity contribution is -0.120. The van der Waals surface area contributed by atoms with Crippen molar-refractivity contribution in [1.29, 1.82) is 5.26 Å². The Hall–Kier alpha value is -1.61. The number of rotatable bonds is 5. The summed E-state index contributed by atoms with van der Waals surface area (Å²) < 4.78 is 26.1. The SMILES string of the molecule is CC(C)[C@@](C)(C#N)NC(=O)CSc1ccc(F)cc1F. The minimum absolute atomic E-state index is 0.0352. The second-order valence-electron chi connectivity index (χ2n) is 4.88. The fourth-order valence-corrected chi connectivity index (χ4v) is 2.08. The van der Waals surface area contributed by atoms with Crippen LogP contribution in [-0.2, 0) is 4.79 Å². The Kier molecular flexibility index (Phi) is 5.52. The van der Waals surface area contributed by atoms with E-state index in [-0.39, 0.29) is 22.5 Å². The molecule has 0 aliphatic heterocycles. The van der Waals surface area contributed by atoms with Gasteiger partial charge < -0.3 is 5.32 Å². The van der Waals surface area contributed by atoms with E-state index in [9.17, 15) is 13.6 Å². The molecule has 6 heteroatoms. The molecule has 0 saturated carbocycles. The molecule has 1 N–H and O–H groups in total. The van der Waals surface area contributed by atoms with Crippen LogP contribution in [0.5, 0.6) is 0 Å². The van der Waals surface area contributed by atoms with Gasteiger partial charge in [-0.3, -0.25) is 4.79 Å². The van der Waals surface area contributed by atoms with Gasteiger partial charge in [0, 0.05) is 11.0 Å². The number of benzene rings is 1. The Labute approximate surface area is 121 Å². The number of nitrogens with one attached hydrogen (secondary N) is 1. The molecule has 0 aliphatic rings. The smallest absolute Gasteiger partial charge is 0.231 e. The number of hydrogen-bond donors (Lipinski definition) is 1. The molecule has 1 atom stereocenters. The monoisotopic (exact) mass is 298 g/mol. The van der Waals surface area contributed by atoms with Crippen molar-refractivity contribution in [3.8, 4) is 6.07 Å². The van der Waals surface area contributed by atoms with Crippen molar-refractivity contribution in [2.45, 2.75) is 31.2 Å². The second kappa shape index (κ2) is 6.71. The maximum absolute atomic E-state index is 13.4. The number of thioether (sulfide) groups is 1. The van der Waals surface area contributed by atoms with E-state index < -0.39 is 17.2 Å². The lowest BCUT2D eigenvalue weighted by Crippen LogP contribution is -2.49. The topological polar surface area (TPSA) is 52.9 Å². The van der Waals surface area contributed by atoms with E-state index in [1.165, 1.54) is 6.07 Å². The standard InChI is InChI=1S/C14H16F2N2OS/c1-9(2)14(3,8-17)18-13(19)7-20-12-5-4-10(15)6-11(12)16/h4-6,9H,7H2,1-3H3,(H,18,19)/t14-/m1/s1. The van der Waals surface area contributed by atoms with Gasteiger partial charge in [0.25, 0.3) is 0 Å². The van der Waals surface area contributed by atoms with Crippen molar-refractivity contribution in [3.05, 3.63) is 29.8 Å². The van der Waals surface area contributed by atoms with Crippen molar-refractivity contribution in [2.24, 2.45) is 5.92 Å². The molecule has 0 unspecified atom stereocenters. The van der Waals surface area contributed by atoms with Gasteiger partial charge in [-0.2, -0.15) is 5.26 Å². The zero-order valence-electron chi connectivity index (χ0n) is 11.5. The molecule has 0 spiro atoms. The molecule has 3 nitrogen and oxygen atoms in total. The maximum atomic E-state index is 13.4. The molecule has 1 aromatic rings. The first-order chi connectivity index (χ1) is 9.28. The molecular formula is C14H16F2N2OS. The first kappa shape index (κ1) is 16.4. The van der Waals surface area contributed by atoms with Crippen LogP contribution in [0.2, 0.25) is 0 Å². The largest absolute Gasteiger partial charge is 0.337 e. The van der Waals surface area contributed by atoms with Crippen molar-refractivity contribution in [3.63, 3.8) is 0 Å². The van der Waals surface area contributed by atoms with Gasteiger partial charge in [0.05, 0.1) is 11.8 Å². The normalized spacial score (nSPS) is 13.7. The predicted octanol–water partition coefficient (Wildman–Crippen LogP) is 3.11. The number of hydrogen-bond acceptors (Lipinski definition) is 3. The molecule has 0 saturated heterocycles. The number of carbonyl (C=O) groups is 1.